The molecule has 1 saturated heterocycles. The average Bonchev–Trinajstić information content (AvgIpc) is 3.53. The summed E-state index contributed by atoms with van der Waals surface area (Å²) in [6.07, 6.45) is 2.08. The third kappa shape index (κ3) is 5.76. The summed E-state index contributed by atoms with van der Waals surface area (Å²) in [7, 11) is -0.382. The summed E-state index contributed by atoms with van der Waals surface area (Å²) in [6.45, 7) is 3.07. The molecule has 0 N–H and O–H groups in total. The first-order valence-corrected chi connectivity index (χ1v) is 14.0. The predicted octanol–water partition coefficient (Wildman–Crippen LogP) is 4.39. The topological polar surface area (TPSA) is 95.0 Å². The van der Waals surface area contributed by atoms with Gasteiger partial charge in [-0.1, -0.05) is 17.4 Å². The van der Waals surface area contributed by atoms with Crippen molar-refractivity contribution >= 4 is 42.4 Å². The summed E-state index contributed by atoms with van der Waals surface area (Å²) >= 11 is 1.44. The number of amides is 1. The van der Waals surface area contributed by atoms with Gasteiger partial charge in [-0.05, 0) is 62.1 Å². The number of sulfone groups is 1. The first kappa shape index (κ1) is 25.4. The van der Waals surface area contributed by atoms with Crippen molar-refractivity contribution in [2.75, 3.05) is 38.0 Å². The van der Waals surface area contributed by atoms with Gasteiger partial charge >= 0.3 is 0 Å². The molecule has 1 aliphatic heterocycles. The molecule has 0 aliphatic carbocycles. The zero-order valence-electron chi connectivity index (χ0n) is 20.2. The van der Waals surface area contributed by atoms with Crippen molar-refractivity contribution in [2.24, 2.45) is 0 Å². The van der Waals surface area contributed by atoms with Crippen LogP contribution in [0.15, 0.2) is 41.3 Å². The lowest BCUT2D eigenvalue weighted by Crippen LogP contribution is -2.37. The largest absolute Gasteiger partial charge is 0.497 e. The maximum atomic E-state index is 13.3. The summed E-state index contributed by atoms with van der Waals surface area (Å²) in [5.74, 6) is 0.960. The Morgan fingerprint density at radius 3 is 2.60 bits per heavy atom. The molecule has 2 heterocycles. The Bertz CT molecular complexity index is 1280. The Labute approximate surface area is 209 Å². The number of anilines is 1. The molecule has 0 bridgehead atoms. The summed E-state index contributed by atoms with van der Waals surface area (Å²) in [5, 5.41) is 0.575. The highest BCUT2D eigenvalue weighted by Crippen LogP contribution is 2.37. The monoisotopic (exact) mass is 518 g/mol. The number of fused-ring (bicyclic) bond motifs is 1. The lowest BCUT2D eigenvalue weighted by atomic mass is 10.2. The van der Waals surface area contributed by atoms with Crippen molar-refractivity contribution in [3.8, 4) is 11.5 Å². The number of ether oxygens (including phenoxy) is 3. The van der Waals surface area contributed by atoms with Crippen LogP contribution in [0.5, 0.6) is 11.5 Å². The standard InChI is InChI=1S/C25H30N2O6S2/c1-17-8-13-21(32-3)23-24(17)34-25(26-23)27(16-19-6-4-14-33-19)22(28)7-5-15-35(29,30)20-11-9-18(31-2)10-12-20/h8-13,19H,4-7,14-16H2,1-3H3. The van der Waals surface area contributed by atoms with Crippen molar-refractivity contribution in [2.45, 2.75) is 43.6 Å². The lowest BCUT2D eigenvalue weighted by molar-refractivity contribution is -0.119. The number of nitrogens with zero attached hydrogens (tertiary/aromatic N) is 2. The second kappa shape index (κ2) is 10.9. The van der Waals surface area contributed by atoms with Gasteiger partial charge in [0, 0.05) is 13.0 Å². The van der Waals surface area contributed by atoms with Gasteiger partial charge in [-0.25, -0.2) is 13.4 Å². The van der Waals surface area contributed by atoms with Gasteiger partial charge in [-0.2, -0.15) is 0 Å². The molecule has 1 atom stereocenters. The number of aromatic nitrogens is 1. The third-order valence-corrected chi connectivity index (χ3v) is 9.11. The summed E-state index contributed by atoms with van der Waals surface area (Å²) in [5.41, 5.74) is 1.78. The van der Waals surface area contributed by atoms with Gasteiger partial charge in [0.15, 0.2) is 15.0 Å². The molecular weight excluding hydrogens is 488 g/mol. The fourth-order valence-electron chi connectivity index (χ4n) is 4.11. The van der Waals surface area contributed by atoms with Crippen LogP contribution in [0.25, 0.3) is 10.2 Å². The molecule has 1 aliphatic rings. The Morgan fingerprint density at radius 1 is 1.17 bits per heavy atom. The normalized spacial score (nSPS) is 15.9. The van der Waals surface area contributed by atoms with Crippen LogP contribution in [0.2, 0.25) is 0 Å². The van der Waals surface area contributed by atoms with Crippen molar-refractivity contribution in [3.63, 3.8) is 0 Å². The number of aryl methyl sites for hydroxylation is 1. The molecule has 8 nitrogen and oxygen atoms in total. The van der Waals surface area contributed by atoms with Crippen molar-refractivity contribution in [1.82, 2.24) is 4.98 Å². The van der Waals surface area contributed by atoms with Crippen LogP contribution in [0.3, 0.4) is 0 Å². The zero-order valence-corrected chi connectivity index (χ0v) is 21.8. The van der Waals surface area contributed by atoms with Crippen LogP contribution >= 0.6 is 11.3 Å². The molecule has 1 fully saturated rings. The van der Waals surface area contributed by atoms with Crippen LogP contribution in [0, 0.1) is 6.92 Å². The van der Waals surface area contributed by atoms with E-state index in [4.69, 9.17) is 19.2 Å². The number of methoxy groups -OCH3 is 2. The molecule has 1 unspecified atom stereocenters. The Kier molecular flexibility index (Phi) is 7.93. The molecular formula is C25H30N2O6S2. The molecule has 0 saturated carbocycles. The minimum atomic E-state index is -3.51. The minimum absolute atomic E-state index is 0.0583. The number of thiazole rings is 1. The van der Waals surface area contributed by atoms with Gasteiger partial charge in [-0.15, -0.1) is 0 Å². The molecule has 0 radical (unpaired) electrons. The highest BCUT2D eigenvalue weighted by molar-refractivity contribution is 7.91. The van der Waals surface area contributed by atoms with E-state index in [0.717, 1.165) is 28.6 Å². The molecule has 1 amide bonds. The fraction of sp³-hybridized carbons (Fsp3) is 0.440. The van der Waals surface area contributed by atoms with E-state index in [2.05, 4.69) is 0 Å². The van der Waals surface area contributed by atoms with E-state index in [-0.39, 0.29) is 35.5 Å². The quantitative estimate of drug-likeness (QED) is 0.393. The van der Waals surface area contributed by atoms with Gasteiger partial charge in [0.25, 0.3) is 0 Å². The maximum Gasteiger partial charge on any atom is 0.228 e. The molecule has 4 rings (SSSR count). The van der Waals surface area contributed by atoms with E-state index in [0.29, 0.717) is 29.8 Å². The number of carbonyl (C=O) groups excluding carboxylic acids is 1. The van der Waals surface area contributed by atoms with E-state index in [1.165, 1.54) is 30.6 Å². The van der Waals surface area contributed by atoms with Crippen LogP contribution < -0.4 is 14.4 Å². The SMILES string of the molecule is COc1ccc(S(=O)(=O)CCCC(=O)N(CC2CCCO2)c2nc3c(OC)ccc(C)c3s2)cc1. The van der Waals surface area contributed by atoms with E-state index in [1.807, 2.05) is 19.1 Å². The zero-order chi connectivity index (χ0) is 25.0. The minimum Gasteiger partial charge on any atom is -0.497 e. The molecule has 2 aromatic carbocycles. The van der Waals surface area contributed by atoms with Gasteiger partial charge in [-0.3, -0.25) is 9.69 Å². The molecule has 35 heavy (non-hydrogen) atoms. The van der Waals surface area contributed by atoms with Crippen LogP contribution in [-0.2, 0) is 19.4 Å². The molecule has 3 aromatic rings. The van der Waals surface area contributed by atoms with Gasteiger partial charge in [0.2, 0.25) is 5.91 Å². The first-order chi connectivity index (χ1) is 16.8. The van der Waals surface area contributed by atoms with Gasteiger partial charge in [0.1, 0.15) is 17.0 Å². The van der Waals surface area contributed by atoms with E-state index >= 15 is 0 Å². The Hall–Kier alpha value is -2.69. The summed E-state index contributed by atoms with van der Waals surface area (Å²) < 4.78 is 42.8. The number of hydrogen-bond donors (Lipinski definition) is 0. The molecule has 188 valence electrons. The molecule has 10 heteroatoms. The van der Waals surface area contributed by atoms with Gasteiger partial charge in [0.05, 0.1) is 42.2 Å². The molecule has 0 spiro atoms. The Morgan fingerprint density at radius 2 is 1.94 bits per heavy atom. The average molecular weight is 519 g/mol. The summed E-state index contributed by atoms with van der Waals surface area (Å²) in [4.78, 5) is 20.0. The highest BCUT2D eigenvalue weighted by Gasteiger charge is 2.27. The van der Waals surface area contributed by atoms with E-state index in [9.17, 15) is 13.2 Å². The lowest BCUT2D eigenvalue weighted by Gasteiger charge is -2.23. The van der Waals surface area contributed by atoms with E-state index in [1.54, 1.807) is 24.1 Å². The Balaban J connectivity index is 1.51. The van der Waals surface area contributed by atoms with Crippen molar-refractivity contribution < 1.29 is 27.4 Å². The van der Waals surface area contributed by atoms with Crippen molar-refractivity contribution in [3.05, 3.63) is 42.0 Å². The fourth-order valence-corrected chi connectivity index (χ4v) is 6.50. The third-order valence-electron chi connectivity index (χ3n) is 6.08. The smallest absolute Gasteiger partial charge is 0.228 e. The van der Waals surface area contributed by atoms with Crippen LogP contribution in [0.1, 0.15) is 31.2 Å². The molecule has 1 aromatic heterocycles. The second-order valence-electron chi connectivity index (χ2n) is 8.50. The van der Waals surface area contributed by atoms with Crippen LogP contribution in [-0.4, -0.2) is 58.5 Å². The van der Waals surface area contributed by atoms with Crippen molar-refractivity contribution in [1.29, 1.82) is 0 Å². The number of benzene rings is 2. The second-order valence-corrected chi connectivity index (χ2v) is 11.6. The highest BCUT2D eigenvalue weighted by atomic mass is 32.2. The number of hydrogen-bond acceptors (Lipinski definition) is 8. The maximum absolute atomic E-state index is 13.3. The summed E-state index contributed by atoms with van der Waals surface area (Å²) in [6, 6.07) is 10.1. The van der Waals surface area contributed by atoms with E-state index < -0.39 is 9.84 Å². The van der Waals surface area contributed by atoms with Gasteiger partial charge < -0.3 is 14.2 Å². The first-order valence-electron chi connectivity index (χ1n) is 11.6. The van der Waals surface area contributed by atoms with Crippen LogP contribution in [0.4, 0.5) is 5.13 Å². The number of rotatable bonds is 10. The number of carbonyl (C=O) groups is 1. The predicted molar refractivity (Wildman–Crippen MR) is 137 cm³/mol.